The number of aryl methyl sites for hydroxylation is 1. The van der Waals surface area contributed by atoms with Crippen LogP contribution in [-0.2, 0) is 18.4 Å². The molecule has 1 aliphatic heterocycles. The molecule has 0 unspecified atom stereocenters. The van der Waals surface area contributed by atoms with E-state index in [2.05, 4.69) is 10.3 Å². The van der Waals surface area contributed by atoms with Crippen LogP contribution >= 0.6 is 0 Å². The van der Waals surface area contributed by atoms with Gasteiger partial charge in [0.05, 0.1) is 17.6 Å². The number of piperidine rings is 1. The largest absolute Gasteiger partial charge is 0.349 e. The lowest BCUT2D eigenvalue weighted by molar-refractivity contribution is -0.121. The maximum atomic E-state index is 12.5. The van der Waals surface area contributed by atoms with E-state index in [9.17, 15) is 9.59 Å². The summed E-state index contributed by atoms with van der Waals surface area (Å²) in [4.78, 5) is 31.4. The molecule has 1 N–H and O–H groups in total. The predicted molar refractivity (Wildman–Crippen MR) is 117 cm³/mol. The van der Waals surface area contributed by atoms with Gasteiger partial charge in [-0.3, -0.25) is 9.59 Å². The van der Waals surface area contributed by atoms with Gasteiger partial charge < -0.3 is 14.8 Å². The highest BCUT2D eigenvalue weighted by Gasteiger charge is 2.24. The summed E-state index contributed by atoms with van der Waals surface area (Å²) in [7, 11) is 1.97. The van der Waals surface area contributed by atoms with Crippen LogP contribution in [0.5, 0.6) is 0 Å². The van der Waals surface area contributed by atoms with E-state index in [1.165, 1.54) is 0 Å². The fourth-order valence-corrected chi connectivity index (χ4v) is 4.14. The summed E-state index contributed by atoms with van der Waals surface area (Å²) in [5.41, 5.74) is 2.76. The Hall–Kier alpha value is -3.15. The average Bonchev–Trinajstić information content (AvgIpc) is 3.12. The highest BCUT2D eigenvalue weighted by molar-refractivity contribution is 5.94. The number of nitrogens with zero attached hydrogens (tertiary/aromatic N) is 3. The van der Waals surface area contributed by atoms with E-state index in [1.807, 2.05) is 71.1 Å². The van der Waals surface area contributed by atoms with Crippen molar-refractivity contribution in [3.05, 3.63) is 66.0 Å². The Labute approximate surface area is 176 Å². The first-order valence-electron chi connectivity index (χ1n) is 10.6. The van der Waals surface area contributed by atoms with Crippen molar-refractivity contribution < 1.29 is 9.59 Å². The second kappa shape index (κ2) is 9.11. The Morgan fingerprint density at radius 2 is 1.73 bits per heavy atom. The van der Waals surface area contributed by atoms with Gasteiger partial charge in [0, 0.05) is 32.1 Å². The van der Waals surface area contributed by atoms with Gasteiger partial charge in [-0.1, -0.05) is 30.3 Å². The minimum absolute atomic E-state index is 0.0600. The second-order valence-electron chi connectivity index (χ2n) is 7.99. The molecule has 3 aromatic rings. The quantitative estimate of drug-likeness (QED) is 0.684. The molecular weight excluding hydrogens is 376 g/mol. The molecule has 0 aliphatic carbocycles. The van der Waals surface area contributed by atoms with Gasteiger partial charge in [-0.25, -0.2) is 4.98 Å². The minimum atomic E-state index is 0.0600. The van der Waals surface area contributed by atoms with E-state index < -0.39 is 0 Å². The summed E-state index contributed by atoms with van der Waals surface area (Å²) in [6, 6.07) is 17.4. The van der Waals surface area contributed by atoms with Crippen molar-refractivity contribution in [2.24, 2.45) is 13.0 Å². The van der Waals surface area contributed by atoms with Crippen LogP contribution in [0.1, 0.15) is 41.9 Å². The highest BCUT2D eigenvalue weighted by Crippen LogP contribution is 2.23. The van der Waals surface area contributed by atoms with Gasteiger partial charge in [0.1, 0.15) is 5.82 Å². The van der Waals surface area contributed by atoms with E-state index in [-0.39, 0.29) is 11.8 Å². The topological polar surface area (TPSA) is 67.2 Å². The summed E-state index contributed by atoms with van der Waals surface area (Å²) in [6.07, 6.45) is 3.29. The molecule has 0 atom stereocenters. The van der Waals surface area contributed by atoms with Crippen molar-refractivity contribution in [2.75, 3.05) is 13.1 Å². The van der Waals surface area contributed by atoms with E-state index in [0.717, 1.165) is 54.8 Å². The summed E-state index contributed by atoms with van der Waals surface area (Å²) < 4.78 is 2.02. The molecule has 4 rings (SSSR count). The van der Waals surface area contributed by atoms with Crippen LogP contribution in [-0.4, -0.2) is 39.4 Å². The summed E-state index contributed by atoms with van der Waals surface area (Å²) in [5.74, 6) is 1.52. The number of carbonyl (C=O) groups excluding carboxylic acids is 2. The maximum absolute atomic E-state index is 12.5. The van der Waals surface area contributed by atoms with Crippen molar-refractivity contribution in [1.29, 1.82) is 0 Å². The smallest absolute Gasteiger partial charge is 0.253 e. The van der Waals surface area contributed by atoms with Gasteiger partial charge in [0.15, 0.2) is 0 Å². The first-order chi connectivity index (χ1) is 14.6. The predicted octanol–water partition coefficient (Wildman–Crippen LogP) is 3.52. The number of amides is 2. The van der Waals surface area contributed by atoms with E-state index in [4.69, 9.17) is 0 Å². The van der Waals surface area contributed by atoms with Crippen molar-refractivity contribution in [2.45, 2.75) is 32.2 Å². The average molecular weight is 405 g/mol. The summed E-state index contributed by atoms with van der Waals surface area (Å²) in [6.45, 7) is 1.97. The number of fused-ring (bicyclic) bond motifs is 1. The van der Waals surface area contributed by atoms with Gasteiger partial charge in [-0.15, -0.1) is 0 Å². The monoisotopic (exact) mass is 404 g/mol. The number of carbonyl (C=O) groups is 2. The van der Waals surface area contributed by atoms with Crippen LogP contribution in [0.3, 0.4) is 0 Å². The molecule has 0 radical (unpaired) electrons. The summed E-state index contributed by atoms with van der Waals surface area (Å²) >= 11 is 0. The third kappa shape index (κ3) is 4.53. The molecule has 1 aliphatic rings. The molecule has 1 aromatic heterocycles. The van der Waals surface area contributed by atoms with Crippen LogP contribution in [0.25, 0.3) is 11.0 Å². The Balaban J connectivity index is 1.20. The lowest BCUT2D eigenvalue weighted by Crippen LogP contribution is -2.38. The van der Waals surface area contributed by atoms with Gasteiger partial charge in [0.2, 0.25) is 5.91 Å². The van der Waals surface area contributed by atoms with Gasteiger partial charge in [-0.05, 0) is 49.4 Å². The zero-order valence-electron chi connectivity index (χ0n) is 17.4. The van der Waals surface area contributed by atoms with Crippen LogP contribution in [0.4, 0.5) is 0 Å². The lowest BCUT2D eigenvalue weighted by Gasteiger charge is -2.32. The summed E-state index contributed by atoms with van der Waals surface area (Å²) in [5, 5.41) is 3.00. The Morgan fingerprint density at radius 1 is 1.03 bits per heavy atom. The number of hydrogen-bond acceptors (Lipinski definition) is 3. The van der Waals surface area contributed by atoms with Gasteiger partial charge in [0.25, 0.3) is 5.91 Å². The molecule has 0 saturated carbocycles. The standard InChI is InChI=1S/C24H28N4O2/c1-27-21-10-6-5-9-20(21)26-22(27)17-25-23(29)12-11-18-13-15-28(16-14-18)24(30)19-7-3-2-4-8-19/h2-10,18H,11-17H2,1H3,(H,25,29). The van der Waals surface area contributed by atoms with E-state index in [1.54, 1.807) is 0 Å². The molecule has 2 aromatic carbocycles. The van der Waals surface area contributed by atoms with Crippen LogP contribution in [0.15, 0.2) is 54.6 Å². The third-order valence-corrected chi connectivity index (χ3v) is 6.03. The van der Waals surface area contributed by atoms with E-state index in [0.29, 0.717) is 18.9 Å². The maximum Gasteiger partial charge on any atom is 0.253 e. The van der Waals surface area contributed by atoms with Gasteiger partial charge >= 0.3 is 0 Å². The fourth-order valence-electron chi connectivity index (χ4n) is 4.14. The molecule has 6 nitrogen and oxygen atoms in total. The Morgan fingerprint density at radius 3 is 2.47 bits per heavy atom. The molecule has 2 heterocycles. The molecule has 0 spiro atoms. The van der Waals surface area contributed by atoms with Crippen LogP contribution < -0.4 is 5.32 Å². The van der Waals surface area contributed by atoms with E-state index >= 15 is 0 Å². The molecule has 30 heavy (non-hydrogen) atoms. The van der Waals surface area contributed by atoms with Crippen molar-refractivity contribution in [3.8, 4) is 0 Å². The zero-order chi connectivity index (χ0) is 20.9. The normalized spacial score (nSPS) is 14.8. The number of nitrogens with one attached hydrogen (secondary N) is 1. The number of para-hydroxylation sites is 2. The first kappa shape index (κ1) is 20.1. The Kier molecular flexibility index (Phi) is 6.12. The number of aromatic nitrogens is 2. The van der Waals surface area contributed by atoms with Crippen LogP contribution in [0, 0.1) is 5.92 Å². The molecule has 1 fully saturated rings. The van der Waals surface area contributed by atoms with Crippen molar-refractivity contribution in [1.82, 2.24) is 19.8 Å². The molecule has 1 saturated heterocycles. The molecule has 0 bridgehead atoms. The van der Waals surface area contributed by atoms with Crippen LogP contribution in [0.2, 0.25) is 0 Å². The number of hydrogen-bond donors (Lipinski definition) is 1. The number of benzene rings is 2. The second-order valence-corrected chi connectivity index (χ2v) is 7.99. The zero-order valence-corrected chi connectivity index (χ0v) is 17.4. The Bertz CT molecular complexity index is 1020. The fraction of sp³-hybridized carbons (Fsp3) is 0.375. The molecule has 6 heteroatoms. The first-order valence-corrected chi connectivity index (χ1v) is 10.6. The number of imidazole rings is 1. The highest BCUT2D eigenvalue weighted by atomic mass is 16.2. The van der Waals surface area contributed by atoms with Crippen molar-refractivity contribution >= 4 is 22.8 Å². The van der Waals surface area contributed by atoms with Crippen molar-refractivity contribution in [3.63, 3.8) is 0 Å². The molecular formula is C24H28N4O2. The molecule has 156 valence electrons. The van der Waals surface area contributed by atoms with Gasteiger partial charge in [-0.2, -0.15) is 0 Å². The number of likely N-dealkylation sites (tertiary alicyclic amines) is 1. The third-order valence-electron chi connectivity index (χ3n) is 6.03. The lowest BCUT2D eigenvalue weighted by atomic mass is 9.91. The SMILES string of the molecule is Cn1c(CNC(=O)CCC2CCN(C(=O)c3ccccc3)CC2)nc2ccccc21. The minimum Gasteiger partial charge on any atom is -0.349 e. The molecule has 2 amide bonds. The number of rotatable bonds is 6.